The Morgan fingerprint density at radius 2 is 2.14 bits per heavy atom. The molecule has 5 nitrogen and oxygen atoms in total. The number of rotatable bonds is 5. The van der Waals surface area contributed by atoms with Crippen molar-refractivity contribution in [2.75, 3.05) is 12.8 Å². The smallest absolute Gasteiger partial charge is 0.308 e. The second-order valence-corrected chi connectivity index (χ2v) is 6.24. The fourth-order valence-corrected chi connectivity index (χ4v) is 3.15. The van der Waals surface area contributed by atoms with Crippen LogP contribution < -0.4 is 5.32 Å². The highest BCUT2D eigenvalue weighted by Crippen LogP contribution is 2.42. The van der Waals surface area contributed by atoms with E-state index in [2.05, 4.69) is 5.32 Å². The largest absolute Gasteiger partial charge is 0.351 e. The molecule has 114 valence electrons. The number of hydrogen-bond donors (Lipinski definition) is 1. The Morgan fingerprint density at radius 1 is 1.48 bits per heavy atom. The zero-order chi connectivity index (χ0) is 15.6. The molecule has 1 aromatic carbocycles. The van der Waals surface area contributed by atoms with Crippen LogP contribution in [-0.2, 0) is 0 Å². The van der Waals surface area contributed by atoms with Gasteiger partial charge >= 0.3 is 5.69 Å². The molecule has 1 amide bonds. The van der Waals surface area contributed by atoms with Crippen LogP contribution in [0.25, 0.3) is 0 Å². The van der Waals surface area contributed by atoms with Crippen molar-refractivity contribution >= 4 is 23.4 Å². The van der Waals surface area contributed by atoms with E-state index in [1.54, 1.807) is 11.8 Å². The number of nitro benzene ring substituents is 1. The van der Waals surface area contributed by atoms with Gasteiger partial charge in [0.15, 0.2) is 0 Å². The molecule has 1 aliphatic carbocycles. The van der Waals surface area contributed by atoms with Gasteiger partial charge in [-0.25, -0.2) is 4.39 Å². The number of halogens is 2. The summed E-state index contributed by atoms with van der Waals surface area (Å²) in [5, 5.41) is 13.2. The summed E-state index contributed by atoms with van der Waals surface area (Å²) in [7, 11) is 0. The fraction of sp³-hybridized carbons (Fsp3) is 0.462. The van der Waals surface area contributed by atoms with Crippen LogP contribution in [0.1, 0.15) is 29.6 Å². The molecule has 8 heteroatoms. The van der Waals surface area contributed by atoms with Crippen molar-refractivity contribution in [3.63, 3.8) is 0 Å². The number of carbonyl (C=O) groups is 1. The molecule has 0 aromatic heterocycles. The maximum absolute atomic E-state index is 13.9. The molecule has 0 aliphatic heterocycles. The first-order valence-electron chi connectivity index (χ1n) is 6.35. The number of amides is 1. The standard InChI is InChI=1S/C13H14F2N2O3S/c1-21-13(3-2-4-13)7-16-12(18)9-5-8(14)6-10(11(9)15)17(19)20/h5-6H,2-4,7H2,1H3,(H,16,18). The van der Waals surface area contributed by atoms with E-state index in [4.69, 9.17) is 0 Å². The number of nitro groups is 1. The number of hydrogen-bond acceptors (Lipinski definition) is 4. The molecule has 0 unspecified atom stereocenters. The van der Waals surface area contributed by atoms with Gasteiger partial charge in [-0.05, 0) is 25.2 Å². The van der Waals surface area contributed by atoms with Gasteiger partial charge in [0.25, 0.3) is 5.91 Å². The zero-order valence-electron chi connectivity index (χ0n) is 11.3. The maximum atomic E-state index is 13.9. The fourth-order valence-electron chi connectivity index (χ4n) is 2.23. The lowest BCUT2D eigenvalue weighted by molar-refractivity contribution is -0.387. The van der Waals surface area contributed by atoms with Gasteiger partial charge in [0.05, 0.1) is 16.6 Å². The summed E-state index contributed by atoms with van der Waals surface area (Å²) >= 11 is 1.62. The van der Waals surface area contributed by atoms with Gasteiger partial charge < -0.3 is 5.32 Å². The molecule has 1 aliphatic rings. The van der Waals surface area contributed by atoms with E-state index in [1.165, 1.54) is 0 Å². The molecule has 0 heterocycles. The summed E-state index contributed by atoms with van der Waals surface area (Å²) in [6.45, 7) is 0.330. The van der Waals surface area contributed by atoms with Crippen LogP contribution in [0.3, 0.4) is 0 Å². The summed E-state index contributed by atoms with van der Waals surface area (Å²) in [5.74, 6) is -3.17. The molecule has 1 aromatic rings. The van der Waals surface area contributed by atoms with Crippen molar-refractivity contribution < 1.29 is 18.5 Å². The third-order valence-corrected chi connectivity index (χ3v) is 5.15. The Balaban J connectivity index is 2.17. The number of thioether (sulfide) groups is 1. The molecule has 2 rings (SSSR count). The molecule has 0 spiro atoms. The van der Waals surface area contributed by atoms with E-state index in [0.717, 1.165) is 19.3 Å². The quantitative estimate of drug-likeness (QED) is 0.669. The van der Waals surface area contributed by atoms with Crippen LogP contribution in [0.4, 0.5) is 14.5 Å². The van der Waals surface area contributed by atoms with E-state index >= 15 is 0 Å². The van der Waals surface area contributed by atoms with Crippen LogP contribution in [0, 0.1) is 21.7 Å². The minimum absolute atomic E-state index is 0.0641. The number of nitrogens with one attached hydrogen (secondary N) is 1. The predicted molar refractivity (Wildman–Crippen MR) is 75.4 cm³/mol. The van der Waals surface area contributed by atoms with Gasteiger partial charge in [-0.15, -0.1) is 0 Å². The molecular formula is C13H14F2N2O3S. The summed E-state index contributed by atoms with van der Waals surface area (Å²) in [6.07, 6.45) is 4.88. The van der Waals surface area contributed by atoms with E-state index in [1.807, 2.05) is 6.26 Å². The van der Waals surface area contributed by atoms with Crippen molar-refractivity contribution in [1.29, 1.82) is 0 Å². The summed E-state index contributed by atoms with van der Waals surface area (Å²) < 4.78 is 27.1. The van der Waals surface area contributed by atoms with Crippen LogP contribution in [-0.4, -0.2) is 28.4 Å². The Kier molecular flexibility index (Phi) is 4.46. The Bertz CT molecular complexity index is 586. The van der Waals surface area contributed by atoms with Gasteiger partial charge in [0, 0.05) is 11.3 Å². The molecular weight excluding hydrogens is 302 g/mol. The van der Waals surface area contributed by atoms with Crippen LogP contribution >= 0.6 is 11.8 Å². The first-order valence-corrected chi connectivity index (χ1v) is 7.58. The second-order valence-electron chi connectivity index (χ2n) is 4.97. The van der Waals surface area contributed by atoms with Crippen LogP contribution in [0.5, 0.6) is 0 Å². The van der Waals surface area contributed by atoms with Crippen molar-refractivity contribution in [3.8, 4) is 0 Å². The average molecular weight is 316 g/mol. The lowest BCUT2D eigenvalue weighted by Gasteiger charge is -2.40. The highest BCUT2D eigenvalue weighted by Gasteiger charge is 2.36. The topological polar surface area (TPSA) is 72.2 Å². The van der Waals surface area contributed by atoms with Crippen molar-refractivity contribution in [2.24, 2.45) is 0 Å². The van der Waals surface area contributed by atoms with Gasteiger partial charge in [-0.3, -0.25) is 14.9 Å². The summed E-state index contributed by atoms with van der Waals surface area (Å²) in [5.41, 5.74) is -1.68. The normalized spacial score (nSPS) is 16.1. The van der Waals surface area contributed by atoms with Crippen LogP contribution in [0.15, 0.2) is 12.1 Å². The molecule has 1 N–H and O–H groups in total. The predicted octanol–water partition coefficient (Wildman–Crippen LogP) is 2.89. The number of carbonyl (C=O) groups excluding carboxylic acids is 1. The van der Waals surface area contributed by atoms with E-state index < -0.39 is 33.7 Å². The first kappa shape index (κ1) is 15.7. The molecule has 0 saturated heterocycles. The minimum Gasteiger partial charge on any atom is -0.351 e. The lowest BCUT2D eigenvalue weighted by atomic mass is 9.84. The minimum atomic E-state index is -1.31. The first-order chi connectivity index (χ1) is 9.88. The van der Waals surface area contributed by atoms with Gasteiger partial charge in [-0.2, -0.15) is 16.2 Å². The molecule has 0 atom stereocenters. The second kappa shape index (κ2) is 5.97. The molecule has 0 radical (unpaired) electrons. The van der Waals surface area contributed by atoms with Gasteiger partial charge in [-0.1, -0.05) is 6.42 Å². The SMILES string of the molecule is CSC1(CNC(=O)c2cc(F)cc([N+](=O)[O-])c2F)CCC1. The van der Waals surface area contributed by atoms with Gasteiger partial charge in [0.2, 0.25) is 5.82 Å². The highest BCUT2D eigenvalue weighted by atomic mass is 32.2. The number of benzene rings is 1. The molecule has 21 heavy (non-hydrogen) atoms. The number of nitrogens with zero attached hydrogens (tertiary/aromatic N) is 1. The van der Waals surface area contributed by atoms with E-state index in [0.29, 0.717) is 18.7 Å². The maximum Gasteiger partial charge on any atom is 0.308 e. The Labute approximate surface area is 124 Å². The van der Waals surface area contributed by atoms with Crippen molar-refractivity contribution in [3.05, 3.63) is 39.4 Å². The molecule has 1 saturated carbocycles. The third-order valence-electron chi connectivity index (χ3n) is 3.73. The third kappa shape index (κ3) is 3.15. The summed E-state index contributed by atoms with van der Waals surface area (Å²) in [4.78, 5) is 21.5. The van der Waals surface area contributed by atoms with Gasteiger partial charge in [0.1, 0.15) is 5.82 Å². The molecule has 0 bridgehead atoms. The Hall–Kier alpha value is -1.70. The zero-order valence-corrected chi connectivity index (χ0v) is 12.1. The molecule has 1 fully saturated rings. The summed E-state index contributed by atoms with van der Waals surface area (Å²) in [6, 6.07) is 1.13. The monoisotopic (exact) mass is 316 g/mol. The van der Waals surface area contributed by atoms with Crippen LogP contribution in [0.2, 0.25) is 0 Å². The van der Waals surface area contributed by atoms with E-state index in [-0.39, 0.29) is 4.75 Å². The van der Waals surface area contributed by atoms with Crippen molar-refractivity contribution in [1.82, 2.24) is 5.32 Å². The highest BCUT2D eigenvalue weighted by molar-refractivity contribution is 8.00. The average Bonchev–Trinajstić information content (AvgIpc) is 2.39. The lowest BCUT2D eigenvalue weighted by Crippen LogP contribution is -2.45. The Morgan fingerprint density at radius 3 is 2.62 bits per heavy atom. The van der Waals surface area contributed by atoms with Crippen molar-refractivity contribution in [2.45, 2.75) is 24.0 Å². The van der Waals surface area contributed by atoms with E-state index in [9.17, 15) is 23.7 Å².